The Balaban J connectivity index is 3.10. The summed E-state index contributed by atoms with van der Waals surface area (Å²) in [5.74, 6) is -0.0739. The number of amides is 1. The van der Waals surface area contributed by atoms with Crippen LogP contribution in [0, 0.1) is 0 Å². The van der Waals surface area contributed by atoms with Crippen LogP contribution in [-0.2, 0) is 14.3 Å². The summed E-state index contributed by atoms with van der Waals surface area (Å²) in [6.07, 6.45) is 3.08. The van der Waals surface area contributed by atoms with Gasteiger partial charge in [-0.05, 0) is 19.3 Å². The number of rotatable bonds is 10. The normalized spacial score (nSPS) is 10.3. The number of hydrogen-bond donors (Lipinski definition) is 2. The van der Waals surface area contributed by atoms with Crippen LogP contribution in [0.15, 0.2) is 0 Å². The van der Waals surface area contributed by atoms with Crippen molar-refractivity contribution in [1.29, 1.82) is 0 Å². The molecule has 5 heteroatoms. The van der Waals surface area contributed by atoms with Gasteiger partial charge < -0.3 is 20.5 Å². The molecule has 0 aromatic heterocycles. The van der Waals surface area contributed by atoms with E-state index in [2.05, 4.69) is 5.32 Å². The van der Waals surface area contributed by atoms with Crippen LogP contribution in [-0.4, -0.2) is 45.9 Å². The molecule has 0 spiro atoms. The van der Waals surface area contributed by atoms with Crippen molar-refractivity contribution in [3.05, 3.63) is 0 Å². The van der Waals surface area contributed by atoms with Crippen molar-refractivity contribution in [1.82, 2.24) is 5.32 Å². The SMILES string of the molecule is COCCCCCNC(=O)COCCN. The van der Waals surface area contributed by atoms with E-state index in [1.165, 1.54) is 0 Å². The van der Waals surface area contributed by atoms with Gasteiger partial charge in [-0.3, -0.25) is 4.79 Å². The number of nitrogens with two attached hydrogens (primary N) is 1. The predicted molar refractivity (Wildman–Crippen MR) is 58.6 cm³/mol. The van der Waals surface area contributed by atoms with Gasteiger partial charge in [-0.1, -0.05) is 0 Å². The number of carbonyl (C=O) groups is 1. The van der Waals surface area contributed by atoms with Crippen molar-refractivity contribution in [2.45, 2.75) is 19.3 Å². The third-order valence-electron chi connectivity index (χ3n) is 1.84. The van der Waals surface area contributed by atoms with Crippen LogP contribution in [0.4, 0.5) is 0 Å². The number of ether oxygens (including phenoxy) is 2. The molecule has 90 valence electrons. The standard InChI is InChI=1S/C10H22N2O3/c1-14-7-4-2-3-6-12-10(13)9-15-8-5-11/h2-9,11H2,1H3,(H,12,13). The highest BCUT2D eigenvalue weighted by atomic mass is 16.5. The van der Waals surface area contributed by atoms with Gasteiger partial charge in [0, 0.05) is 26.8 Å². The molecule has 0 aromatic carbocycles. The quantitative estimate of drug-likeness (QED) is 0.502. The Morgan fingerprint density at radius 2 is 2.07 bits per heavy atom. The molecule has 0 unspecified atom stereocenters. The van der Waals surface area contributed by atoms with E-state index in [9.17, 15) is 4.79 Å². The minimum atomic E-state index is -0.0739. The van der Waals surface area contributed by atoms with E-state index in [4.69, 9.17) is 15.2 Å². The summed E-state index contributed by atoms with van der Waals surface area (Å²) in [5, 5.41) is 2.77. The maximum atomic E-state index is 11.1. The van der Waals surface area contributed by atoms with Crippen LogP contribution < -0.4 is 11.1 Å². The molecule has 0 radical (unpaired) electrons. The lowest BCUT2D eigenvalue weighted by molar-refractivity contribution is -0.125. The van der Waals surface area contributed by atoms with E-state index in [1.807, 2.05) is 0 Å². The molecule has 0 aliphatic rings. The Morgan fingerprint density at radius 1 is 1.27 bits per heavy atom. The lowest BCUT2D eigenvalue weighted by Crippen LogP contribution is -2.29. The molecule has 15 heavy (non-hydrogen) atoms. The van der Waals surface area contributed by atoms with Gasteiger partial charge in [0.2, 0.25) is 5.91 Å². The molecule has 0 saturated carbocycles. The number of nitrogens with one attached hydrogen (secondary N) is 1. The maximum absolute atomic E-state index is 11.1. The highest BCUT2D eigenvalue weighted by molar-refractivity contribution is 5.77. The first-order valence-corrected chi connectivity index (χ1v) is 5.34. The molecule has 0 bridgehead atoms. The lowest BCUT2D eigenvalue weighted by atomic mass is 10.2. The van der Waals surface area contributed by atoms with E-state index in [0.29, 0.717) is 19.7 Å². The first-order valence-electron chi connectivity index (χ1n) is 5.34. The summed E-state index contributed by atoms with van der Waals surface area (Å²) < 4.78 is 9.90. The first kappa shape index (κ1) is 14.3. The van der Waals surface area contributed by atoms with Gasteiger partial charge in [-0.15, -0.1) is 0 Å². The van der Waals surface area contributed by atoms with Crippen LogP contribution in [0.25, 0.3) is 0 Å². The average molecular weight is 218 g/mol. The summed E-state index contributed by atoms with van der Waals surface area (Å²) >= 11 is 0. The van der Waals surface area contributed by atoms with Crippen LogP contribution in [0.3, 0.4) is 0 Å². The fourth-order valence-corrected chi connectivity index (χ4v) is 1.08. The smallest absolute Gasteiger partial charge is 0.245 e. The van der Waals surface area contributed by atoms with Crippen LogP contribution in [0.2, 0.25) is 0 Å². The molecule has 0 atom stereocenters. The maximum Gasteiger partial charge on any atom is 0.245 e. The average Bonchev–Trinajstić information content (AvgIpc) is 2.23. The van der Waals surface area contributed by atoms with E-state index in [1.54, 1.807) is 7.11 Å². The van der Waals surface area contributed by atoms with Gasteiger partial charge in [0.25, 0.3) is 0 Å². The fraction of sp³-hybridized carbons (Fsp3) is 0.900. The second-order valence-corrected chi connectivity index (χ2v) is 3.24. The minimum absolute atomic E-state index is 0.0739. The third kappa shape index (κ3) is 11.3. The second-order valence-electron chi connectivity index (χ2n) is 3.24. The van der Waals surface area contributed by atoms with E-state index < -0.39 is 0 Å². The van der Waals surface area contributed by atoms with Crippen LogP contribution in [0.5, 0.6) is 0 Å². The molecule has 0 heterocycles. The van der Waals surface area contributed by atoms with Crippen LogP contribution in [0.1, 0.15) is 19.3 Å². The van der Waals surface area contributed by atoms with Crippen molar-refractivity contribution < 1.29 is 14.3 Å². The molecule has 0 aliphatic carbocycles. The number of unbranched alkanes of at least 4 members (excludes halogenated alkanes) is 2. The molecular formula is C10H22N2O3. The summed E-state index contributed by atoms with van der Waals surface area (Å²) in [6.45, 7) is 2.48. The Morgan fingerprint density at radius 3 is 2.73 bits per heavy atom. The van der Waals surface area contributed by atoms with Gasteiger partial charge in [0.1, 0.15) is 6.61 Å². The Bertz CT molecular complexity index is 154. The molecular weight excluding hydrogens is 196 g/mol. The van der Waals surface area contributed by atoms with Crippen molar-refractivity contribution in [2.24, 2.45) is 5.73 Å². The second kappa shape index (κ2) is 11.4. The van der Waals surface area contributed by atoms with Crippen molar-refractivity contribution in [2.75, 3.05) is 40.0 Å². The summed E-state index contributed by atoms with van der Waals surface area (Å²) in [7, 11) is 1.69. The molecule has 1 amide bonds. The van der Waals surface area contributed by atoms with Gasteiger partial charge in [0.15, 0.2) is 0 Å². The number of hydrogen-bond acceptors (Lipinski definition) is 4. The largest absolute Gasteiger partial charge is 0.385 e. The van der Waals surface area contributed by atoms with Gasteiger partial charge in [-0.2, -0.15) is 0 Å². The van der Waals surface area contributed by atoms with Gasteiger partial charge >= 0.3 is 0 Å². The fourth-order valence-electron chi connectivity index (χ4n) is 1.08. The first-order chi connectivity index (χ1) is 7.31. The van der Waals surface area contributed by atoms with Gasteiger partial charge in [-0.25, -0.2) is 0 Å². The Hall–Kier alpha value is -0.650. The van der Waals surface area contributed by atoms with E-state index in [-0.39, 0.29) is 12.5 Å². The number of methoxy groups -OCH3 is 1. The van der Waals surface area contributed by atoms with E-state index in [0.717, 1.165) is 25.9 Å². The van der Waals surface area contributed by atoms with Crippen molar-refractivity contribution in [3.8, 4) is 0 Å². The summed E-state index contributed by atoms with van der Waals surface area (Å²) in [6, 6.07) is 0. The Kier molecular flexibility index (Phi) is 10.9. The monoisotopic (exact) mass is 218 g/mol. The molecule has 0 aromatic rings. The molecule has 0 fully saturated rings. The number of carbonyl (C=O) groups excluding carboxylic acids is 1. The topological polar surface area (TPSA) is 73.6 Å². The lowest BCUT2D eigenvalue weighted by Gasteiger charge is -2.05. The minimum Gasteiger partial charge on any atom is -0.385 e. The zero-order chi connectivity index (χ0) is 11.4. The summed E-state index contributed by atoms with van der Waals surface area (Å²) in [5.41, 5.74) is 5.21. The molecule has 5 nitrogen and oxygen atoms in total. The molecule has 0 rings (SSSR count). The summed E-state index contributed by atoms with van der Waals surface area (Å²) in [4.78, 5) is 11.1. The highest BCUT2D eigenvalue weighted by Crippen LogP contribution is 1.93. The zero-order valence-electron chi connectivity index (χ0n) is 9.46. The third-order valence-corrected chi connectivity index (χ3v) is 1.84. The zero-order valence-corrected chi connectivity index (χ0v) is 9.46. The van der Waals surface area contributed by atoms with Crippen LogP contribution >= 0.6 is 0 Å². The molecule has 3 N–H and O–H groups in total. The molecule has 0 aliphatic heterocycles. The predicted octanol–water partition coefficient (Wildman–Crippen LogP) is -0.105. The van der Waals surface area contributed by atoms with Gasteiger partial charge in [0.05, 0.1) is 6.61 Å². The van der Waals surface area contributed by atoms with Crippen molar-refractivity contribution >= 4 is 5.91 Å². The van der Waals surface area contributed by atoms with E-state index >= 15 is 0 Å². The molecule has 0 saturated heterocycles. The highest BCUT2D eigenvalue weighted by Gasteiger charge is 1.99. The van der Waals surface area contributed by atoms with Crippen molar-refractivity contribution in [3.63, 3.8) is 0 Å². The Labute approximate surface area is 91.3 Å².